The average Bonchev–Trinajstić information content (AvgIpc) is 2.93. The monoisotopic (exact) mass is 570 g/mol. The zero-order valence-corrected chi connectivity index (χ0v) is 24.2. The second-order valence-corrected chi connectivity index (χ2v) is 9.78. The number of aryl methyl sites for hydroxylation is 1. The van der Waals surface area contributed by atoms with Crippen molar-refractivity contribution < 1.29 is 19.1 Å². The fourth-order valence-electron chi connectivity index (χ4n) is 4.35. The topological polar surface area (TPSA) is 67.9 Å². The van der Waals surface area contributed by atoms with Gasteiger partial charge < -0.3 is 19.7 Å². The van der Waals surface area contributed by atoms with Crippen molar-refractivity contribution in [2.75, 3.05) is 19.8 Å². The second-order valence-electron chi connectivity index (χ2n) is 8.97. The van der Waals surface area contributed by atoms with E-state index in [0.29, 0.717) is 59.7 Å². The lowest BCUT2D eigenvalue weighted by molar-refractivity contribution is -0.141. The molecule has 0 fully saturated rings. The molecule has 1 atom stereocenters. The SMILES string of the molecule is CCNC(=O)[C@@H](Cc1ccccc1)N(Cc1c(Cl)cccc1Cl)C(=O)CCc1ccc(OCC)c(OCC)c1. The van der Waals surface area contributed by atoms with E-state index in [1.807, 2.05) is 69.3 Å². The predicted octanol–water partition coefficient (Wildman–Crippen LogP) is 6.50. The number of carbonyl (C=O) groups excluding carboxylic acids is 2. The van der Waals surface area contributed by atoms with Crippen LogP contribution in [-0.2, 0) is 29.0 Å². The molecular formula is C31H36Cl2N2O4. The molecular weight excluding hydrogens is 535 g/mol. The van der Waals surface area contributed by atoms with Gasteiger partial charge in [0.2, 0.25) is 11.8 Å². The highest BCUT2D eigenvalue weighted by Gasteiger charge is 2.31. The van der Waals surface area contributed by atoms with E-state index >= 15 is 0 Å². The standard InChI is InChI=1S/C31H36Cl2N2O4/c1-4-34-31(37)27(19-22-11-8-7-9-12-22)35(21-24-25(32)13-10-14-26(24)33)30(36)18-16-23-15-17-28(38-5-2)29(20-23)39-6-3/h7-15,17,20,27H,4-6,16,18-19,21H2,1-3H3,(H,34,37)/t27-/m1/s1. The van der Waals surface area contributed by atoms with E-state index in [0.717, 1.165) is 11.1 Å². The number of benzene rings is 3. The van der Waals surface area contributed by atoms with Crippen LogP contribution in [0.15, 0.2) is 66.7 Å². The van der Waals surface area contributed by atoms with Gasteiger partial charge in [-0.1, -0.05) is 65.7 Å². The first-order valence-electron chi connectivity index (χ1n) is 13.3. The number of rotatable bonds is 14. The van der Waals surface area contributed by atoms with E-state index in [1.54, 1.807) is 23.1 Å². The van der Waals surface area contributed by atoms with Crippen molar-refractivity contribution in [1.82, 2.24) is 10.2 Å². The number of halogens is 2. The highest BCUT2D eigenvalue weighted by atomic mass is 35.5. The number of hydrogen-bond donors (Lipinski definition) is 1. The predicted molar refractivity (Wildman–Crippen MR) is 157 cm³/mol. The zero-order valence-electron chi connectivity index (χ0n) is 22.7. The number of hydrogen-bond acceptors (Lipinski definition) is 4. The molecule has 39 heavy (non-hydrogen) atoms. The van der Waals surface area contributed by atoms with Crippen molar-refractivity contribution in [3.63, 3.8) is 0 Å². The van der Waals surface area contributed by atoms with Gasteiger partial charge >= 0.3 is 0 Å². The molecule has 2 amide bonds. The van der Waals surface area contributed by atoms with Gasteiger partial charge in [-0.05, 0) is 62.6 Å². The first-order valence-corrected chi connectivity index (χ1v) is 14.1. The average molecular weight is 572 g/mol. The van der Waals surface area contributed by atoms with Crippen LogP contribution >= 0.6 is 23.2 Å². The Balaban J connectivity index is 1.92. The molecule has 3 aromatic rings. The van der Waals surface area contributed by atoms with E-state index in [9.17, 15) is 9.59 Å². The first kappa shape index (κ1) is 30.3. The molecule has 0 spiro atoms. The number of nitrogens with one attached hydrogen (secondary N) is 1. The van der Waals surface area contributed by atoms with Gasteiger partial charge in [0, 0.05) is 41.5 Å². The smallest absolute Gasteiger partial charge is 0.243 e. The Labute approximate surface area is 241 Å². The van der Waals surface area contributed by atoms with E-state index in [1.165, 1.54) is 0 Å². The van der Waals surface area contributed by atoms with E-state index < -0.39 is 6.04 Å². The minimum Gasteiger partial charge on any atom is -0.490 e. The summed E-state index contributed by atoms with van der Waals surface area (Å²) in [6.45, 7) is 7.28. The number of ether oxygens (including phenoxy) is 2. The quantitative estimate of drug-likeness (QED) is 0.240. The first-order chi connectivity index (χ1) is 18.9. The minimum atomic E-state index is -0.744. The van der Waals surface area contributed by atoms with Gasteiger partial charge in [-0.25, -0.2) is 0 Å². The summed E-state index contributed by atoms with van der Waals surface area (Å²) >= 11 is 13.0. The Morgan fingerprint density at radius 1 is 0.846 bits per heavy atom. The van der Waals surface area contributed by atoms with Crippen molar-refractivity contribution in [1.29, 1.82) is 0 Å². The third-order valence-corrected chi connectivity index (χ3v) is 6.96. The van der Waals surface area contributed by atoms with Gasteiger partial charge in [-0.3, -0.25) is 9.59 Å². The number of likely N-dealkylation sites (N-methyl/N-ethyl adjacent to an activating group) is 1. The summed E-state index contributed by atoms with van der Waals surface area (Å²) in [5, 5.41) is 3.79. The molecule has 0 saturated carbocycles. The zero-order chi connectivity index (χ0) is 28.2. The van der Waals surface area contributed by atoms with Crippen LogP contribution in [0, 0.1) is 0 Å². The highest BCUT2D eigenvalue weighted by Crippen LogP contribution is 2.30. The third kappa shape index (κ3) is 8.64. The maximum Gasteiger partial charge on any atom is 0.243 e. The van der Waals surface area contributed by atoms with E-state index in [2.05, 4.69) is 5.32 Å². The lowest BCUT2D eigenvalue weighted by Gasteiger charge is -2.32. The molecule has 3 aromatic carbocycles. The Morgan fingerprint density at radius 2 is 1.51 bits per heavy atom. The van der Waals surface area contributed by atoms with Crippen molar-refractivity contribution >= 4 is 35.0 Å². The van der Waals surface area contributed by atoms with Gasteiger partial charge in [-0.15, -0.1) is 0 Å². The van der Waals surface area contributed by atoms with Crippen molar-refractivity contribution in [3.8, 4) is 11.5 Å². The fourth-order valence-corrected chi connectivity index (χ4v) is 4.86. The third-order valence-electron chi connectivity index (χ3n) is 6.25. The second kappa shape index (κ2) is 15.4. The Bertz CT molecular complexity index is 1220. The summed E-state index contributed by atoms with van der Waals surface area (Å²) in [4.78, 5) is 28.8. The molecule has 0 aliphatic carbocycles. The molecule has 0 unspecified atom stereocenters. The van der Waals surface area contributed by atoms with Crippen LogP contribution in [0.25, 0.3) is 0 Å². The molecule has 8 heteroatoms. The number of amides is 2. The van der Waals surface area contributed by atoms with Gasteiger partial charge in [0.1, 0.15) is 6.04 Å². The van der Waals surface area contributed by atoms with Crippen molar-refractivity contribution in [2.24, 2.45) is 0 Å². The molecule has 0 aliphatic rings. The van der Waals surface area contributed by atoms with Crippen LogP contribution in [-0.4, -0.2) is 42.5 Å². The van der Waals surface area contributed by atoms with Crippen LogP contribution in [0.3, 0.4) is 0 Å². The molecule has 0 radical (unpaired) electrons. The molecule has 3 rings (SSSR count). The van der Waals surface area contributed by atoms with E-state index in [-0.39, 0.29) is 24.8 Å². The lowest BCUT2D eigenvalue weighted by atomic mass is 10.0. The van der Waals surface area contributed by atoms with Crippen molar-refractivity contribution in [3.05, 3.63) is 93.5 Å². The fraction of sp³-hybridized carbons (Fsp3) is 0.355. The maximum absolute atomic E-state index is 13.9. The summed E-state index contributed by atoms with van der Waals surface area (Å²) < 4.78 is 11.4. The summed E-state index contributed by atoms with van der Waals surface area (Å²) in [6.07, 6.45) is 1.01. The Kier molecular flexibility index (Phi) is 12.0. The molecule has 0 aromatic heterocycles. The molecule has 208 valence electrons. The highest BCUT2D eigenvalue weighted by molar-refractivity contribution is 6.36. The number of carbonyl (C=O) groups is 2. The molecule has 6 nitrogen and oxygen atoms in total. The normalized spacial score (nSPS) is 11.5. The largest absolute Gasteiger partial charge is 0.490 e. The van der Waals surface area contributed by atoms with Crippen molar-refractivity contribution in [2.45, 2.75) is 52.6 Å². The Morgan fingerprint density at radius 3 is 2.15 bits per heavy atom. The molecule has 0 heterocycles. The Hall–Kier alpha value is -3.22. The maximum atomic E-state index is 13.9. The molecule has 0 saturated heterocycles. The minimum absolute atomic E-state index is 0.111. The van der Waals surface area contributed by atoms with Gasteiger partial charge in [-0.2, -0.15) is 0 Å². The van der Waals surface area contributed by atoms with Crippen LogP contribution in [0.5, 0.6) is 11.5 Å². The van der Waals surface area contributed by atoms with Gasteiger partial charge in [0.15, 0.2) is 11.5 Å². The summed E-state index contributed by atoms with van der Waals surface area (Å²) in [5.41, 5.74) is 2.49. The van der Waals surface area contributed by atoms with Crippen LogP contribution in [0.1, 0.15) is 43.9 Å². The molecule has 0 bridgehead atoms. The summed E-state index contributed by atoms with van der Waals surface area (Å²) in [5.74, 6) is 0.916. The molecule has 0 aliphatic heterocycles. The molecule has 1 N–H and O–H groups in total. The van der Waals surface area contributed by atoms with Crippen LogP contribution < -0.4 is 14.8 Å². The summed E-state index contributed by atoms with van der Waals surface area (Å²) in [7, 11) is 0. The van der Waals surface area contributed by atoms with Crippen LogP contribution in [0.4, 0.5) is 0 Å². The van der Waals surface area contributed by atoms with Gasteiger partial charge in [0.25, 0.3) is 0 Å². The van der Waals surface area contributed by atoms with Gasteiger partial charge in [0.05, 0.1) is 13.2 Å². The lowest BCUT2D eigenvalue weighted by Crippen LogP contribution is -2.50. The van der Waals surface area contributed by atoms with Crippen LogP contribution in [0.2, 0.25) is 10.0 Å². The number of nitrogens with zero attached hydrogens (tertiary/aromatic N) is 1. The van der Waals surface area contributed by atoms with E-state index in [4.69, 9.17) is 32.7 Å². The summed E-state index contributed by atoms with van der Waals surface area (Å²) in [6, 6.07) is 19.8.